The average Bonchev–Trinajstić information content (AvgIpc) is 2.61. The molecule has 0 amide bonds. The van der Waals surface area contributed by atoms with Crippen LogP contribution in [0.3, 0.4) is 0 Å². The summed E-state index contributed by atoms with van der Waals surface area (Å²) in [5, 5.41) is 15.4. The molecule has 2 aromatic carbocycles. The quantitative estimate of drug-likeness (QED) is 0.571. The minimum atomic E-state index is -4.06. The van der Waals surface area contributed by atoms with E-state index >= 15 is 0 Å². The number of rotatable bonds is 9. The normalized spacial score (nSPS) is 13.3. The number of aliphatic hydroxyl groups is 1. The predicted octanol–water partition coefficient (Wildman–Crippen LogP) is 3.14. The van der Waals surface area contributed by atoms with E-state index in [4.69, 9.17) is 28.3 Å². The number of nitrogens with zero attached hydrogens (tertiary/aromatic N) is 1. The molecule has 1 atom stereocenters. The molecule has 7 nitrogen and oxygen atoms in total. The van der Waals surface area contributed by atoms with E-state index in [1.165, 1.54) is 30.3 Å². The minimum Gasteiger partial charge on any atom is -0.392 e. The fraction of sp³-hybridized carbons (Fsp3) is 0.333. The van der Waals surface area contributed by atoms with Crippen LogP contribution in [0.5, 0.6) is 0 Å². The zero-order chi connectivity index (χ0) is 21.8. The van der Waals surface area contributed by atoms with E-state index in [1.54, 1.807) is 19.1 Å². The van der Waals surface area contributed by atoms with E-state index < -0.39 is 32.7 Å². The van der Waals surface area contributed by atoms with Crippen molar-refractivity contribution in [2.24, 2.45) is 5.14 Å². The van der Waals surface area contributed by atoms with Crippen molar-refractivity contribution in [3.05, 3.63) is 58.1 Å². The van der Waals surface area contributed by atoms with Gasteiger partial charge in [-0.15, -0.1) is 0 Å². The van der Waals surface area contributed by atoms with Crippen LogP contribution in [0.25, 0.3) is 0 Å². The van der Waals surface area contributed by atoms with E-state index in [2.05, 4.69) is 0 Å². The summed E-state index contributed by atoms with van der Waals surface area (Å²) in [6.45, 7) is 1.25. The third kappa shape index (κ3) is 6.31. The highest BCUT2D eigenvalue weighted by atomic mass is 35.5. The first-order chi connectivity index (χ1) is 13.5. The Morgan fingerprint density at radius 3 is 2.17 bits per heavy atom. The molecule has 1 unspecified atom stereocenters. The van der Waals surface area contributed by atoms with Crippen molar-refractivity contribution in [2.75, 3.05) is 10.1 Å². The molecule has 3 N–H and O–H groups in total. The lowest BCUT2D eigenvalue weighted by atomic mass is 10.1. The summed E-state index contributed by atoms with van der Waals surface area (Å²) >= 11 is 12.0. The standard InChI is InChI=1S/C18H22Cl2N2O5S2/c1-13(3-2-10-28(21,24)25)22(18-11-16(20)5-4-14(18)12-23)29(26,27)17-8-6-15(19)7-9-17/h4-9,11,13,23H,2-3,10,12H2,1H3,(H2,21,24,25). The van der Waals surface area contributed by atoms with Gasteiger partial charge in [0.05, 0.1) is 22.9 Å². The molecule has 0 bridgehead atoms. The Morgan fingerprint density at radius 1 is 1.03 bits per heavy atom. The first kappa shape index (κ1) is 23.9. The number of primary sulfonamides is 1. The Balaban J connectivity index is 2.53. The van der Waals surface area contributed by atoms with Gasteiger partial charge in [0, 0.05) is 21.7 Å². The second-order valence-electron chi connectivity index (χ2n) is 6.54. The highest BCUT2D eigenvalue weighted by Crippen LogP contribution is 2.33. The molecule has 0 fully saturated rings. The molecule has 0 aliphatic rings. The largest absolute Gasteiger partial charge is 0.392 e. The number of anilines is 1. The minimum absolute atomic E-state index is 0.00376. The van der Waals surface area contributed by atoms with Gasteiger partial charge < -0.3 is 5.11 Å². The van der Waals surface area contributed by atoms with Gasteiger partial charge in [0.15, 0.2) is 0 Å². The van der Waals surface area contributed by atoms with Gasteiger partial charge in [0.1, 0.15) is 0 Å². The molecule has 0 aliphatic carbocycles. The maximum absolute atomic E-state index is 13.4. The monoisotopic (exact) mass is 480 g/mol. The Hall–Kier alpha value is -1.36. The van der Waals surface area contributed by atoms with Gasteiger partial charge in [-0.3, -0.25) is 4.31 Å². The molecule has 29 heavy (non-hydrogen) atoms. The van der Waals surface area contributed by atoms with Crippen molar-refractivity contribution in [1.82, 2.24) is 0 Å². The van der Waals surface area contributed by atoms with Gasteiger partial charge in [-0.25, -0.2) is 22.0 Å². The highest BCUT2D eigenvalue weighted by Gasteiger charge is 2.31. The maximum atomic E-state index is 13.4. The van der Waals surface area contributed by atoms with Crippen LogP contribution >= 0.6 is 23.2 Å². The van der Waals surface area contributed by atoms with Crippen molar-refractivity contribution in [2.45, 2.75) is 37.3 Å². The molecule has 0 saturated heterocycles. The molecular weight excluding hydrogens is 459 g/mol. The molecule has 0 spiro atoms. The van der Waals surface area contributed by atoms with Gasteiger partial charge in [-0.1, -0.05) is 29.3 Å². The van der Waals surface area contributed by atoms with Crippen LogP contribution in [0.1, 0.15) is 25.3 Å². The number of halogens is 2. The van der Waals surface area contributed by atoms with Crippen LogP contribution in [-0.4, -0.2) is 33.7 Å². The summed E-state index contributed by atoms with van der Waals surface area (Å²) < 4.78 is 50.5. The molecular formula is C18H22Cl2N2O5S2. The topological polar surface area (TPSA) is 118 Å². The van der Waals surface area contributed by atoms with E-state index in [1.807, 2.05) is 0 Å². The molecule has 2 aromatic rings. The molecule has 160 valence electrons. The second kappa shape index (κ2) is 9.63. The Bertz CT molecular complexity index is 1060. The second-order valence-corrected chi connectivity index (χ2v) is 11.0. The Morgan fingerprint density at radius 2 is 1.62 bits per heavy atom. The molecule has 0 radical (unpaired) electrons. The summed E-state index contributed by atoms with van der Waals surface area (Å²) in [5.74, 6) is -0.269. The van der Waals surface area contributed by atoms with E-state index in [9.17, 15) is 21.9 Å². The smallest absolute Gasteiger partial charge is 0.264 e. The zero-order valence-corrected chi connectivity index (χ0v) is 18.8. The summed E-state index contributed by atoms with van der Waals surface area (Å²) in [4.78, 5) is 0.00376. The van der Waals surface area contributed by atoms with Gasteiger partial charge in [0.2, 0.25) is 10.0 Å². The summed E-state index contributed by atoms with van der Waals surface area (Å²) in [6, 6.07) is 9.59. The van der Waals surface area contributed by atoms with Crippen molar-refractivity contribution >= 4 is 48.9 Å². The summed E-state index contributed by atoms with van der Waals surface area (Å²) in [6.07, 6.45) is 0.391. The molecule has 0 heterocycles. The fourth-order valence-corrected chi connectivity index (χ4v) is 5.47. The molecule has 11 heteroatoms. The van der Waals surface area contributed by atoms with E-state index in [0.717, 1.165) is 4.31 Å². The van der Waals surface area contributed by atoms with Crippen LogP contribution in [0.2, 0.25) is 10.0 Å². The highest BCUT2D eigenvalue weighted by molar-refractivity contribution is 7.92. The number of hydrogen-bond donors (Lipinski definition) is 2. The Kier molecular flexibility index (Phi) is 7.94. The summed E-state index contributed by atoms with van der Waals surface area (Å²) in [7, 11) is -7.73. The van der Waals surface area contributed by atoms with Gasteiger partial charge in [-0.05, 0) is 56.2 Å². The Labute approximate surface area is 181 Å². The molecule has 0 saturated carbocycles. The SMILES string of the molecule is CC(CCCS(N)(=O)=O)N(c1cc(Cl)ccc1CO)S(=O)(=O)c1ccc(Cl)cc1. The van der Waals surface area contributed by atoms with Crippen LogP contribution in [0.15, 0.2) is 47.4 Å². The third-order valence-corrected chi connectivity index (χ3v) is 7.56. The molecule has 0 aliphatic heterocycles. The molecule has 2 rings (SSSR count). The number of aliphatic hydroxyl groups excluding tert-OH is 1. The number of nitrogens with two attached hydrogens (primary N) is 1. The van der Waals surface area contributed by atoms with Gasteiger partial charge in [-0.2, -0.15) is 0 Å². The number of sulfonamides is 2. The first-order valence-corrected chi connectivity index (χ1v) is 12.6. The predicted molar refractivity (Wildman–Crippen MR) is 115 cm³/mol. The molecule has 0 aromatic heterocycles. The zero-order valence-electron chi connectivity index (χ0n) is 15.6. The van der Waals surface area contributed by atoms with E-state index in [0.29, 0.717) is 15.6 Å². The maximum Gasteiger partial charge on any atom is 0.264 e. The lowest BCUT2D eigenvalue weighted by Crippen LogP contribution is -2.39. The van der Waals surface area contributed by atoms with Crippen molar-refractivity contribution in [3.8, 4) is 0 Å². The van der Waals surface area contributed by atoms with Crippen LogP contribution < -0.4 is 9.44 Å². The number of benzene rings is 2. The average molecular weight is 481 g/mol. The van der Waals surface area contributed by atoms with Crippen LogP contribution in [0.4, 0.5) is 5.69 Å². The van der Waals surface area contributed by atoms with Crippen LogP contribution in [0, 0.1) is 0 Å². The van der Waals surface area contributed by atoms with Crippen molar-refractivity contribution < 1.29 is 21.9 Å². The fourth-order valence-electron chi connectivity index (χ4n) is 2.90. The van der Waals surface area contributed by atoms with Gasteiger partial charge in [0.25, 0.3) is 10.0 Å². The van der Waals surface area contributed by atoms with Crippen LogP contribution in [-0.2, 0) is 26.7 Å². The van der Waals surface area contributed by atoms with Crippen molar-refractivity contribution in [3.63, 3.8) is 0 Å². The number of hydrogen-bond acceptors (Lipinski definition) is 5. The summed E-state index contributed by atoms with van der Waals surface area (Å²) in [5.41, 5.74) is 0.586. The lowest BCUT2D eigenvalue weighted by molar-refractivity contribution is 0.282. The third-order valence-electron chi connectivity index (χ3n) is 4.28. The van der Waals surface area contributed by atoms with E-state index in [-0.39, 0.29) is 29.2 Å². The first-order valence-electron chi connectivity index (χ1n) is 8.65. The lowest BCUT2D eigenvalue weighted by Gasteiger charge is -2.32. The van der Waals surface area contributed by atoms with Gasteiger partial charge >= 0.3 is 0 Å². The van der Waals surface area contributed by atoms with Crippen molar-refractivity contribution in [1.29, 1.82) is 0 Å².